The molecule has 2 aliphatic heterocycles. The van der Waals surface area contributed by atoms with Crippen LogP contribution < -0.4 is 10.1 Å². The van der Waals surface area contributed by atoms with Crippen LogP contribution in [-0.2, 0) is 14.8 Å². The normalized spacial score (nSPS) is 18.3. The molecule has 0 aromatic heterocycles. The molecule has 188 valence electrons. The molecule has 0 aliphatic carbocycles. The second-order valence-corrected chi connectivity index (χ2v) is 11.0. The number of sulfonamides is 1. The average Bonchev–Trinajstić information content (AvgIpc) is 2.89. The number of nitrogens with one attached hydrogen (secondary N) is 1. The molecule has 0 saturated carbocycles. The first-order valence-corrected chi connectivity index (χ1v) is 13.2. The van der Waals surface area contributed by atoms with E-state index in [-0.39, 0.29) is 35.7 Å². The summed E-state index contributed by atoms with van der Waals surface area (Å²) in [4.78, 5) is 29.7. The smallest absolute Gasteiger partial charge is 0.253 e. The molecular weight excluding hydrogens is 468 g/mol. The molecule has 2 saturated heterocycles. The predicted octanol–water partition coefficient (Wildman–Crippen LogP) is 2.12. The number of carbonyl (C=O) groups is 2. The van der Waals surface area contributed by atoms with Crippen molar-refractivity contribution in [3.05, 3.63) is 54.1 Å². The Morgan fingerprint density at radius 3 is 2.06 bits per heavy atom. The van der Waals surface area contributed by atoms with Gasteiger partial charge in [-0.05, 0) is 68.4 Å². The van der Waals surface area contributed by atoms with E-state index in [9.17, 15) is 18.0 Å². The van der Waals surface area contributed by atoms with E-state index in [1.807, 2.05) is 11.9 Å². The number of benzene rings is 2. The fourth-order valence-corrected chi connectivity index (χ4v) is 5.86. The molecule has 2 amide bonds. The van der Waals surface area contributed by atoms with Crippen molar-refractivity contribution in [2.45, 2.75) is 17.7 Å². The van der Waals surface area contributed by atoms with Crippen LogP contribution in [0.3, 0.4) is 0 Å². The van der Waals surface area contributed by atoms with Crippen molar-refractivity contribution in [3.63, 3.8) is 0 Å². The van der Waals surface area contributed by atoms with Crippen LogP contribution in [0.15, 0.2) is 53.4 Å². The lowest BCUT2D eigenvalue weighted by atomic mass is 9.97. The standard InChI is InChI=1S/C25H32N4O5S/c1-27-15-17-28(18-16-27)25(31)20-3-5-21(6-4-20)26-24(30)19-11-13-29(14-12-19)35(32,33)23-9-7-22(34-2)8-10-23/h3-10,19H,11-18H2,1-2H3,(H,26,30). The fourth-order valence-electron chi connectivity index (χ4n) is 4.39. The van der Waals surface area contributed by atoms with E-state index in [0.717, 1.165) is 13.1 Å². The van der Waals surface area contributed by atoms with E-state index >= 15 is 0 Å². The summed E-state index contributed by atoms with van der Waals surface area (Å²) in [6, 6.07) is 13.3. The van der Waals surface area contributed by atoms with Crippen LogP contribution in [0.2, 0.25) is 0 Å². The van der Waals surface area contributed by atoms with E-state index in [1.165, 1.54) is 23.5 Å². The zero-order chi connectivity index (χ0) is 25.0. The minimum atomic E-state index is -3.61. The third-order valence-electron chi connectivity index (χ3n) is 6.71. The number of methoxy groups -OCH3 is 1. The first-order chi connectivity index (χ1) is 16.8. The van der Waals surface area contributed by atoms with E-state index in [1.54, 1.807) is 36.4 Å². The van der Waals surface area contributed by atoms with Gasteiger partial charge in [0.15, 0.2) is 0 Å². The lowest BCUT2D eigenvalue weighted by Crippen LogP contribution is -2.47. The van der Waals surface area contributed by atoms with Crippen LogP contribution in [0.5, 0.6) is 5.75 Å². The van der Waals surface area contributed by atoms with Crippen LogP contribution in [-0.4, -0.2) is 87.8 Å². The number of anilines is 1. The summed E-state index contributed by atoms with van der Waals surface area (Å²) in [6.07, 6.45) is 0.891. The summed E-state index contributed by atoms with van der Waals surface area (Å²) in [6.45, 7) is 3.71. The molecule has 0 unspecified atom stereocenters. The Bertz CT molecular complexity index is 1140. The van der Waals surface area contributed by atoms with Gasteiger partial charge in [-0.3, -0.25) is 9.59 Å². The molecule has 0 atom stereocenters. The monoisotopic (exact) mass is 500 g/mol. The van der Waals surface area contributed by atoms with Crippen LogP contribution >= 0.6 is 0 Å². The van der Waals surface area contributed by atoms with Gasteiger partial charge in [0.25, 0.3) is 5.91 Å². The molecule has 0 spiro atoms. The van der Waals surface area contributed by atoms with Crippen molar-refractivity contribution in [1.82, 2.24) is 14.1 Å². The van der Waals surface area contributed by atoms with Gasteiger partial charge in [-0.1, -0.05) is 0 Å². The Labute approximate surface area is 206 Å². The maximum Gasteiger partial charge on any atom is 0.253 e. The van der Waals surface area contributed by atoms with Crippen LogP contribution in [0.1, 0.15) is 23.2 Å². The number of piperidine rings is 1. The molecule has 2 fully saturated rings. The minimum Gasteiger partial charge on any atom is -0.497 e. The van der Waals surface area contributed by atoms with Crippen molar-refractivity contribution in [2.24, 2.45) is 5.92 Å². The van der Waals surface area contributed by atoms with Crippen molar-refractivity contribution in [1.29, 1.82) is 0 Å². The van der Waals surface area contributed by atoms with E-state index in [2.05, 4.69) is 10.2 Å². The van der Waals surface area contributed by atoms with Crippen LogP contribution in [0.25, 0.3) is 0 Å². The van der Waals surface area contributed by atoms with Gasteiger partial charge in [0.2, 0.25) is 15.9 Å². The third-order valence-corrected chi connectivity index (χ3v) is 8.62. The molecule has 0 radical (unpaired) electrons. The topological polar surface area (TPSA) is 99.3 Å². The third kappa shape index (κ3) is 5.83. The number of rotatable bonds is 6. The zero-order valence-corrected chi connectivity index (χ0v) is 21.0. The summed E-state index contributed by atoms with van der Waals surface area (Å²) >= 11 is 0. The number of amides is 2. The van der Waals surface area contributed by atoms with Gasteiger partial charge < -0.3 is 19.9 Å². The molecule has 2 aliphatic rings. The first kappa shape index (κ1) is 25.2. The summed E-state index contributed by atoms with van der Waals surface area (Å²) in [5.41, 5.74) is 1.22. The summed E-state index contributed by atoms with van der Waals surface area (Å²) in [7, 11) is -0.0387. The first-order valence-electron chi connectivity index (χ1n) is 11.8. The second-order valence-electron chi connectivity index (χ2n) is 9.02. The lowest BCUT2D eigenvalue weighted by molar-refractivity contribution is -0.120. The van der Waals surface area contributed by atoms with Gasteiger partial charge in [0, 0.05) is 56.4 Å². The Morgan fingerprint density at radius 1 is 0.886 bits per heavy atom. The van der Waals surface area contributed by atoms with Crippen molar-refractivity contribution >= 4 is 27.5 Å². The second kappa shape index (κ2) is 10.8. The van der Waals surface area contributed by atoms with Gasteiger partial charge >= 0.3 is 0 Å². The van der Waals surface area contributed by atoms with Crippen LogP contribution in [0, 0.1) is 5.92 Å². The lowest BCUT2D eigenvalue weighted by Gasteiger charge is -2.32. The van der Waals surface area contributed by atoms with Gasteiger partial charge in [-0.25, -0.2) is 8.42 Å². The van der Waals surface area contributed by atoms with Crippen molar-refractivity contribution in [3.8, 4) is 5.75 Å². The van der Waals surface area contributed by atoms with E-state index < -0.39 is 10.0 Å². The molecule has 2 heterocycles. The fraction of sp³-hybridized carbons (Fsp3) is 0.440. The number of ether oxygens (including phenoxy) is 1. The highest BCUT2D eigenvalue weighted by Crippen LogP contribution is 2.26. The Kier molecular flexibility index (Phi) is 7.73. The molecule has 2 aromatic carbocycles. The molecule has 9 nitrogen and oxygen atoms in total. The molecule has 4 rings (SSSR count). The summed E-state index contributed by atoms with van der Waals surface area (Å²) in [5.74, 6) is 0.186. The molecule has 35 heavy (non-hydrogen) atoms. The summed E-state index contributed by atoms with van der Waals surface area (Å²) < 4.78 is 32.4. The Morgan fingerprint density at radius 2 is 1.49 bits per heavy atom. The quantitative estimate of drug-likeness (QED) is 0.652. The highest BCUT2D eigenvalue weighted by molar-refractivity contribution is 7.89. The SMILES string of the molecule is COc1ccc(S(=O)(=O)N2CCC(C(=O)Nc3ccc(C(=O)N4CCN(C)CC4)cc3)CC2)cc1. The van der Waals surface area contributed by atoms with Crippen LogP contribution in [0.4, 0.5) is 5.69 Å². The van der Waals surface area contributed by atoms with E-state index in [0.29, 0.717) is 42.9 Å². The van der Waals surface area contributed by atoms with Gasteiger partial charge in [0.1, 0.15) is 5.75 Å². The zero-order valence-electron chi connectivity index (χ0n) is 20.1. The number of hydrogen-bond donors (Lipinski definition) is 1. The number of carbonyl (C=O) groups excluding carboxylic acids is 2. The van der Waals surface area contributed by atoms with Crippen molar-refractivity contribution < 1.29 is 22.7 Å². The van der Waals surface area contributed by atoms with Gasteiger partial charge in [0.05, 0.1) is 12.0 Å². The molecule has 10 heteroatoms. The van der Waals surface area contributed by atoms with E-state index in [4.69, 9.17) is 4.74 Å². The minimum absolute atomic E-state index is 0.00131. The average molecular weight is 501 g/mol. The Hall–Kier alpha value is -2.95. The molecule has 0 bridgehead atoms. The largest absolute Gasteiger partial charge is 0.497 e. The highest BCUT2D eigenvalue weighted by Gasteiger charge is 2.32. The number of likely N-dealkylation sites (N-methyl/N-ethyl adjacent to an activating group) is 1. The molecular formula is C25H32N4O5S. The number of nitrogens with zero attached hydrogens (tertiary/aromatic N) is 3. The van der Waals surface area contributed by atoms with Gasteiger partial charge in [-0.2, -0.15) is 4.31 Å². The maximum absolute atomic E-state index is 12.9. The predicted molar refractivity (Wildman–Crippen MR) is 133 cm³/mol. The van der Waals surface area contributed by atoms with Crippen molar-refractivity contribution in [2.75, 3.05) is 58.7 Å². The molecule has 1 N–H and O–H groups in total. The maximum atomic E-state index is 12.9. The number of piperazine rings is 1. The summed E-state index contributed by atoms with van der Waals surface area (Å²) in [5, 5.41) is 2.91. The van der Waals surface area contributed by atoms with Gasteiger partial charge in [-0.15, -0.1) is 0 Å². The number of hydrogen-bond acceptors (Lipinski definition) is 6. The highest BCUT2D eigenvalue weighted by atomic mass is 32.2. The molecule has 2 aromatic rings. The Balaban J connectivity index is 1.29.